The van der Waals surface area contributed by atoms with Crippen molar-refractivity contribution >= 4 is 17.8 Å². The van der Waals surface area contributed by atoms with Crippen LogP contribution in [0.5, 0.6) is 11.5 Å². The zero-order valence-electron chi connectivity index (χ0n) is 13.4. The number of carbonyl (C=O) groups is 3. The Morgan fingerprint density at radius 2 is 1.96 bits per heavy atom. The van der Waals surface area contributed by atoms with Gasteiger partial charge in [0.05, 0.1) is 0 Å². The first-order chi connectivity index (χ1) is 12.0. The number of amides is 2. The van der Waals surface area contributed by atoms with Crippen molar-refractivity contribution in [2.45, 2.75) is 6.10 Å². The number of ether oxygens (including phenoxy) is 3. The number of fused-ring (bicyclic) bond motifs is 1. The molecule has 0 radical (unpaired) electrons. The minimum atomic E-state index is -0.956. The van der Waals surface area contributed by atoms with E-state index in [2.05, 4.69) is 5.32 Å². The zero-order chi connectivity index (χ0) is 17.8. The highest BCUT2D eigenvalue weighted by atomic mass is 16.6. The Morgan fingerprint density at radius 3 is 2.68 bits per heavy atom. The smallest absolute Gasteiger partial charge is 0.355 e. The highest BCUT2D eigenvalue weighted by molar-refractivity contribution is 5.99. The number of aromatic nitrogens is 1. The third-order valence-corrected chi connectivity index (χ3v) is 3.55. The standard InChI is InChI=1S/C17H16N2O6/c1-19-8-4-5-11(19)17(22)24-10-15(20)18-16(21)14-9-23-12-6-2-3-7-13(12)25-14/h2-8,14H,9-10H2,1H3,(H,18,20,21)/t14-/m1/s1. The minimum absolute atomic E-state index is 0.0146. The first-order valence-electron chi connectivity index (χ1n) is 7.55. The summed E-state index contributed by atoms with van der Waals surface area (Å²) in [5.41, 5.74) is 0.305. The van der Waals surface area contributed by atoms with E-state index in [1.165, 1.54) is 0 Å². The van der Waals surface area contributed by atoms with Crippen LogP contribution in [-0.4, -0.2) is 41.7 Å². The summed E-state index contributed by atoms with van der Waals surface area (Å²) >= 11 is 0. The van der Waals surface area contributed by atoms with Crippen LogP contribution in [-0.2, 0) is 21.4 Å². The lowest BCUT2D eigenvalue weighted by atomic mass is 10.2. The van der Waals surface area contributed by atoms with Crippen LogP contribution in [0, 0.1) is 0 Å². The lowest BCUT2D eigenvalue weighted by Crippen LogP contribution is -2.47. The number of nitrogens with one attached hydrogen (secondary N) is 1. The second-order valence-corrected chi connectivity index (χ2v) is 5.36. The molecule has 1 aromatic heterocycles. The van der Waals surface area contributed by atoms with E-state index in [9.17, 15) is 14.4 Å². The molecule has 8 nitrogen and oxygen atoms in total. The molecule has 2 heterocycles. The van der Waals surface area contributed by atoms with E-state index < -0.39 is 30.5 Å². The molecule has 25 heavy (non-hydrogen) atoms. The number of para-hydroxylation sites is 2. The predicted molar refractivity (Wildman–Crippen MR) is 85.2 cm³/mol. The fourth-order valence-electron chi connectivity index (χ4n) is 2.28. The predicted octanol–water partition coefficient (Wildman–Crippen LogP) is 0.665. The van der Waals surface area contributed by atoms with Crippen molar-refractivity contribution in [2.75, 3.05) is 13.2 Å². The minimum Gasteiger partial charge on any atom is -0.485 e. The Kier molecular flexibility index (Phi) is 4.69. The van der Waals surface area contributed by atoms with Gasteiger partial charge in [0.2, 0.25) is 6.10 Å². The van der Waals surface area contributed by atoms with Gasteiger partial charge in [0.25, 0.3) is 11.8 Å². The number of hydrogen-bond acceptors (Lipinski definition) is 6. The van der Waals surface area contributed by atoms with Crippen molar-refractivity contribution in [3.8, 4) is 11.5 Å². The lowest BCUT2D eigenvalue weighted by molar-refractivity contribution is -0.137. The Balaban J connectivity index is 1.49. The van der Waals surface area contributed by atoms with Crippen LogP contribution in [0.25, 0.3) is 0 Å². The molecule has 0 fully saturated rings. The summed E-state index contributed by atoms with van der Waals surface area (Å²) in [7, 11) is 1.68. The average Bonchev–Trinajstić information content (AvgIpc) is 3.05. The van der Waals surface area contributed by atoms with Crippen molar-refractivity contribution in [1.29, 1.82) is 0 Å². The second kappa shape index (κ2) is 7.08. The average molecular weight is 344 g/mol. The summed E-state index contributed by atoms with van der Waals surface area (Å²) in [6.45, 7) is -0.584. The van der Waals surface area contributed by atoms with Crippen molar-refractivity contribution in [3.05, 3.63) is 48.3 Å². The Hall–Kier alpha value is -3.29. The largest absolute Gasteiger partial charge is 0.485 e. The molecule has 2 amide bonds. The number of esters is 1. The molecule has 0 bridgehead atoms. The van der Waals surface area contributed by atoms with E-state index in [0.29, 0.717) is 17.2 Å². The Morgan fingerprint density at radius 1 is 1.20 bits per heavy atom. The van der Waals surface area contributed by atoms with E-state index in [4.69, 9.17) is 14.2 Å². The summed E-state index contributed by atoms with van der Waals surface area (Å²) in [5, 5.41) is 2.13. The molecule has 8 heteroatoms. The molecule has 0 saturated heterocycles. The molecule has 130 valence electrons. The van der Waals surface area contributed by atoms with Gasteiger partial charge in [0.15, 0.2) is 18.1 Å². The van der Waals surface area contributed by atoms with Crippen LogP contribution in [0.4, 0.5) is 0 Å². The number of carbonyl (C=O) groups excluding carboxylic acids is 3. The molecule has 3 rings (SSSR count). The van der Waals surface area contributed by atoms with Crippen LogP contribution in [0.2, 0.25) is 0 Å². The van der Waals surface area contributed by atoms with Gasteiger partial charge < -0.3 is 18.8 Å². The van der Waals surface area contributed by atoms with Crippen molar-refractivity contribution in [3.63, 3.8) is 0 Å². The first-order valence-corrected chi connectivity index (χ1v) is 7.55. The maximum Gasteiger partial charge on any atom is 0.355 e. The molecule has 1 N–H and O–H groups in total. The third kappa shape index (κ3) is 3.79. The van der Waals surface area contributed by atoms with Crippen LogP contribution < -0.4 is 14.8 Å². The number of nitrogens with zero attached hydrogens (tertiary/aromatic N) is 1. The molecule has 1 aliphatic heterocycles. The van der Waals surface area contributed by atoms with Crippen molar-refractivity contribution in [1.82, 2.24) is 9.88 Å². The molecule has 0 unspecified atom stereocenters. The molecule has 2 aromatic rings. The fraction of sp³-hybridized carbons (Fsp3) is 0.235. The van der Waals surface area contributed by atoms with Gasteiger partial charge in [0.1, 0.15) is 12.3 Å². The summed E-state index contributed by atoms with van der Waals surface area (Å²) in [6.07, 6.45) is 0.723. The van der Waals surface area contributed by atoms with Crippen LogP contribution >= 0.6 is 0 Å². The monoisotopic (exact) mass is 344 g/mol. The third-order valence-electron chi connectivity index (χ3n) is 3.55. The number of aryl methyl sites for hydroxylation is 1. The van der Waals surface area contributed by atoms with Crippen molar-refractivity contribution < 1.29 is 28.6 Å². The van der Waals surface area contributed by atoms with Gasteiger partial charge in [-0.2, -0.15) is 0 Å². The van der Waals surface area contributed by atoms with Gasteiger partial charge in [-0.1, -0.05) is 12.1 Å². The zero-order valence-corrected chi connectivity index (χ0v) is 13.4. The van der Waals surface area contributed by atoms with E-state index in [1.807, 2.05) is 0 Å². The SMILES string of the molecule is Cn1cccc1C(=O)OCC(=O)NC(=O)[C@H]1COc2ccccc2O1. The topological polar surface area (TPSA) is 95.9 Å². The molecule has 1 aromatic carbocycles. The second-order valence-electron chi connectivity index (χ2n) is 5.36. The van der Waals surface area contributed by atoms with E-state index in [-0.39, 0.29) is 6.61 Å². The highest BCUT2D eigenvalue weighted by Gasteiger charge is 2.28. The molecule has 1 atom stereocenters. The molecule has 0 spiro atoms. The highest BCUT2D eigenvalue weighted by Crippen LogP contribution is 2.30. The molecular formula is C17H16N2O6. The van der Waals surface area contributed by atoms with Crippen LogP contribution in [0.15, 0.2) is 42.6 Å². The molecule has 0 saturated carbocycles. The van der Waals surface area contributed by atoms with Gasteiger partial charge in [-0.15, -0.1) is 0 Å². The number of imide groups is 1. The quantitative estimate of drug-likeness (QED) is 0.819. The van der Waals surface area contributed by atoms with Crippen molar-refractivity contribution in [2.24, 2.45) is 7.05 Å². The summed E-state index contributed by atoms with van der Waals surface area (Å²) in [5.74, 6) is -1.09. The van der Waals surface area contributed by atoms with Crippen LogP contribution in [0.1, 0.15) is 10.5 Å². The number of hydrogen-bond donors (Lipinski definition) is 1. The van der Waals surface area contributed by atoms with Gasteiger partial charge in [0, 0.05) is 13.2 Å². The summed E-state index contributed by atoms with van der Waals surface area (Å²) in [4.78, 5) is 35.7. The maximum atomic E-state index is 12.1. The first kappa shape index (κ1) is 16.6. The fourth-order valence-corrected chi connectivity index (χ4v) is 2.28. The van der Waals surface area contributed by atoms with Gasteiger partial charge in [-0.25, -0.2) is 4.79 Å². The summed E-state index contributed by atoms with van der Waals surface area (Å²) < 4.78 is 17.4. The molecular weight excluding hydrogens is 328 g/mol. The Bertz CT molecular complexity index is 813. The molecule has 1 aliphatic rings. The normalized spacial score (nSPS) is 15.3. The number of benzene rings is 1. The van der Waals surface area contributed by atoms with E-state index >= 15 is 0 Å². The van der Waals surface area contributed by atoms with E-state index in [1.54, 1.807) is 54.2 Å². The summed E-state index contributed by atoms with van der Waals surface area (Å²) in [6, 6.07) is 10.2. The molecule has 0 aliphatic carbocycles. The van der Waals surface area contributed by atoms with Crippen LogP contribution in [0.3, 0.4) is 0 Å². The number of rotatable bonds is 4. The van der Waals surface area contributed by atoms with Gasteiger partial charge >= 0.3 is 5.97 Å². The van der Waals surface area contributed by atoms with Gasteiger partial charge in [-0.3, -0.25) is 14.9 Å². The Labute approximate surface area is 143 Å². The maximum absolute atomic E-state index is 12.1. The van der Waals surface area contributed by atoms with E-state index in [0.717, 1.165) is 0 Å². The van der Waals surface area contributed by atoms with Gasteiger partial charge in [-0.05, 0) is 24.3 Å². The lowest BCUT2D eigenvalue weighted by Gasteiger charge is -2.25.